The molecular formula is C18H16F4N2O2. The second-order valence-corrected chi connectivity index (χ2v) is 6.04. The fourth-order valence-corrected chi connectivity index (χ4v) is 2.79. The van der Waals surface area contributed by atoms with Crippen LogP contribution in [0.15, 0.2) is 42.6 Å². The zero-order valence-corrected chi connectivity index (χ0v) is 13.7. The minimum absolute atomic E-state index is 0.281. The Labute approximate surface area is 147 Å². The molecule has 1 aliphatic heterocycles. The lowest BCUT2D eigenvalue weighted by Crippen LogP contribution is -2.38. The Morgan fingerprint density at radius 3 is 2.27 bits per heavy atom. The van der Waals surface area contributed by atoms with Crippen molar-refractivity contribution in [2.45, 2.75) is 19.0 Å². The standard InChI is InChI=1S/C18H16F4N2O2/c19-14-2-4-15(5-3-14)26-17(25)12-7-9-24(10-8-12)16-6-1-13(11-23-16)18(20,21)22/h1-6,11-12H,7-10H2. The molecule has 1 aromatic carbocycles. The molecule has 26 heavy (non-hydrogen) atoms. The molecule has 0 bridgehead atoms. The van der Waals surface area contributed by atoms with Crippen LogP contribution in [0.5, 0.6) is 5.75 Å². The predicted molar refractivity (Wildman–Crippen MR) is 86.2 cm³/mol. The van der Waals surface area contributed by atoms with E-state index in [4.69, 9.17) is 4.74 Å². The van der Waals surface area contributed by atoms with E-state index in [-0.39, 0.29) is 11.7 Å². The number of anilines is 1. The van der Waals surface area contributed by atoms with Crippen LogP contribution in [0.25, 0.3) is 0 Å². The summed E-state index contributed by atoms with van der Waals surface area (Å²) in [6.45, 7) is 0.975. The number of esters is 1. The Balaban J connectivity index is 1.55. The monoisotopic (exact) mass is 368 g/mol. The van der Waals surface area contributed by atoms with Crippen LogP contribution in [-0.2, 0) is 11.0 Å². The zero-order chi connectivity index (χ0) is 18.7. The first-order chi connectivity index (χ1) is 12.3. The summed E-state index contributed by atoms with van der Waals surface area (Å²) in [6.07, 6.45) is -2.60. The topological polar surface area (TPSA) is 42.4 Å². The summed E-state index contributed by atoms with van der Waals surface area (Å²) in [5.41, 5.74) is -0.793. The molecule has 1 aliphatic rings. The second kappa shape index (κ2) is 7.31. The highest BCUT2D eigenvalue weighted by molar-refractivity contribution is 5.75. The van der Waals surface area contributed by atoms with Crippen LogP contribution < -0.4 is 9.64 Å². The van der Waals surface area contributed by atoms with Crippen LogP contribution in [0.1, 0.15) is 18.4 Å². The summed E-state index contributed by atoms with van der Waals surface area (Å²) < 4.78 is 55.8. The largest absolute Gasteiger partial charge is 0.426 e. The Morgan fingerprint density at radius 1 is 1.08 bits per heavy atom. The molecule has 0 saturated carbocycles. The highest BCUT2D eigenvalue weighted by Gasteiger charge is 2.31. The molecular weight excluding hydrogens is 352 g/mol. The SMILES string of the molecule is O=C(Oc1ccc(F)cc1)C1CCN(c2ccc(C(F)(F)F)cn2)CC1. The quantitative estimate of drug-likeness (QED) is 0.466. The number of benzene rings is 1. The van der Waals surface area contributed by atoms with E-state index in [1.807, 2.05) is 4.90 Å². The van der Waals surface area contributed by atoms with Gasteiger partial charge < -0.3 is 9.64 Å². The third kappa shape index (κ3) is 4.30. The Bertz CT molecular complexity index is 752. The number of carbonyl (C=O) groups is 1. The molecule has 8 heteroatoms. The maximum absolute atomic E-state index is 12.9. The Hall–Kier alpha value is -2.64. The molecule has 0 aliphatic carbocycles. The van der Waals surface area contributed by atoms with Crippen LogP contribution in [0.2, 0.25) is 0 Å². The number of alkyl halides is 3. The molecule has 0 radical (unpaired) electrons. The van der Waals surface area contributed by atoms with E-state index in [0.717, 1.165) is 12.3 Å². The van der Waals surface area contributed by atoms with Gasteiger partial charge in [-0.2, -0.15) is 13.2 Å². The summed E-state index contributed by atoms with van der Waals surface area (Å²) in [5, 5.41) is 0. The Morgan fingerprint density at radius 2 is 1.73 bits per heavy atom. The van der Waals surface area contributed by atoms with Crippen molar-refractivity contribution in [1.29, 1.82) is 0 Å². The van der Waals surface area contributed by atoms with Crippen LogP contribution in [0.4, 0.5) is 23.4 Å². The van der Waals surface area contributed by atoms with Gasteiger partial charge in [-0.25, -0.2) is 9.37 Å². The lowest BCUT2D eigenvalue weighted by molar-refractivity contribution is -0.140. The van der Waals surface area contributed by atoms with E-state index in [2.05, 4.69) is 4.98 Å². The number of halogens is 4. The number of nitrogens with zero attached hydrogens (tertiary/aromatic N) is 2. The van der Waals surface area contributed by atoms with Crippen molar-refractivity contribution in [1.82, 2.24) is 4.98 Å². The van der Waals surface area contributed by atoms with Gasteiger partial charge >= 0.3 is 12.1 Å². The fraction of sp³-hybridized carbons (Fsp3) is 0.333. The van der Waals surface area contributed by atoms with Gasteiger partial charge in [0.2, 0.25) is 0 Å². The number of hydrogen-bond donors (Lipinski definition) is 0. The van der Waals surface area contributed by atoms with Gasteiger partial charge in [0.05, 0.1) is 11.5 Å². The molecule has 0 amide bonds. The highest BCUT2D eigenvalue weighted by atomic mass is 19.4. The van der Waals surface area contributed by atoms with Gasteiger partial charge in [0.1, 0.15) is 17.4 Å². The number of pyridine rings is 1. The van der Waals surface area contributed by atoms with E-state index >= 15 is 0 Å². The minimum Gasteiger partial charge on any atom is -0.426 e. The van der Waals surface area contributed by atoms with Crippen LogP contribution >= 0.6 is 0 Å². The lowest BCUT2D eigenvalue weighted by Gasteiger charge is -2.31. The van der Waals surface area contributed by atoms with E-state index in [9.17, 15) is 22.4 Å². The summed E-state index contributed by atoms with van der Waals surface area (Å²) in [4.78, 5) is 17.9. The summed E-state index contributed by atoms with van der Waals surface area (Å²) in [6, 6.07) is 7.52. The van der Waals surface area contributed by atoms with Gasteiger partial charge in [0.25, 0.3) is 0 Å². The molecule has 2 heterocycles. The third-order valence-electron chi connectivity index (χ3n) is 4.26. The van der Waals surface area contributed by atoms with Crippen LogP contribution in [0.3, 0.4) is 0 Å². The number of aromatic nitrogens is 1. The second-order valence-electron chi connectivity index (χ2n) is 6.04. The molecule has 4 nitrogen and oxygen atoms in total. The molecule has 0 atom stereocenters. The first-order valence-electron chi connectivity index (χ1n) is 8.08. The smallest absolute Gasteiger partial charge is 0.417 e. The lowest BCUT2D eigenvalue weighted by atomic mass is 9.97. The molecule has 0 unspecified atom stereocenters. The van der Waals surface area contributed by atoms with Gasteiger partial charge in [0.15, 0.2) is 0 Å². The van der Waals surface area contributed by atoms with E-state index in [0.29, 0.717) is 31.7 Å². The number of hydrogen-bond acceptors (Lipinski definition) is 4. The molecule has 3 rings (SSSR count). The third-order valence-corrected chi connectivity index (χ3v) is 4.26. The van der Waals surface area contributed by atoms with Crippen LogP contribution in [-0.4, -0.2) is 24.0 Å². The normalized spacial score (nSPS) is 15.8. The summed E-state index contributed by atoms with van der Waals surface area (Å²) in [5.74, 6) is -0.392. The summed E-state index contributed by atoms with van der Waals surface area (Å²) >= 11 is 0. The van der Waals surface area contributed by atoms with E-state index in [1.165, 1.54) is 30.3 Å². The van der Waals surface area contributed by atoms with Gasteiger partial charge in [-0.05, 0) is 49.2 Å². The van der Waals surface area contributed by atoms with Crippen molar-refractivity contribution in [2.75, 3.05) is 18.0 Å². The van der Waals surface area contributed by atoms with Gasteiger partial charge in [-0.1, -0.05) is 0 Å². The average molecular weight is 368 g/mol. The van der Waals surface area contributed by atoms with Gasteiger partial charge in [0, 0.05) is 19.3 Å². The molecule has 0 spiro atoms. The zero-order valence-electron chi connectivity index (χ0n) is 13.7. The number of ether oxygens (including phenoxy) is 1. The van der Waals surface area contributed by atoms with Crippen molar-refractivity contribution in [2.24, 2.45) is 5.92 Å². The first-order valence-corrected chi connectivity index (χ1v) is 8.08. The number of piperidine rings is 1. The van der Waals surface area contributed by atoms with Crippen molar-refractivity contribution in [3.63, 3.8) is 0 Å². The maximum Gasteiger partial charge on any atom is 0.417 e. The molecule has 2 aromatic rings. The van der Waals surface area contributed by atoms with Crippen molar-refractivity contribution in [3.8, 4) is 5.75 Å². The molecule has 0 N–H and O–H groups in total. The molecule has 1 fully saturated rings. The van der Waals surface area contributed by atoms with Crippen molar-refractivity contribution < 1.29 is 27.1 Å². The summed E-state index contributed by atoms with van der Waals surface area (Å²) in [7, 11) is 0. The highest BCUT2D eigenvalue weighted by Crippen LogP contribution is 2.30. The van der Waals surface area contributed by atoms with E-state index < -0.39 is 23.5 Å². The number of carbonyl (C=O) groups excluding carboxylic acids is 1. The minimum atomic E-state index is -4.41. The predicted octanol–water partition coefficient (Wildman–Crippen LogP) is 4.06. The maximum atomic E-state index is 12.9. The van der Waals surface area contributed by atoms with Crippen molar-refractivity contribution >= 4 is 11.8 Å². The fourth-order valence-electron chi connectivity index (χ4n) is 2.79. The first kappa shape index (κ1) is 18.2. The Kier molecular flexibility index (Phi) is 5.11. The average Bonchev–Trinajstić information content (AvgIpc) is 2.63. The van der Waals surface area contributed by atoms with Crippen molar-refractivity contribution in [3.05, 3.63) is 54.0 Å². The van der Waals surface area contributed by atoms with Crippen LogP contribution in [0, 0.1) is 11.7 Å². The molecule has 1 saturated heterocycles. The molecule has 1 aromatic heterocycles. The number of rotatable bonds is 3. The van der Waals surface area contributed by atoms with E-state index in [1.54, 1.807) is 0 Å². The molecule has 138 valence electrons. The van der Waals surface area contributed by atoms with Gasteiger partial charge in [-0.15, -0.1) is 0 Å². The van der Waals surface area contributed by atoms with Gasteiger partial charge in [-0.3, -0.25) is 4.79 Å².